The van der Waals surface area contributed by atoms with E-state index in [1.165, 1.54) is 29.1 Å². The third-order valence-electron chi connectivity index (χ3n) is 6.16. The van der Waals surface area contributed by atoms with Gasteiger partial charge in [-0.15, -0.1) is 0 Å². The number of aromatic nitrogens is 3. The van der Waals surface area contributed by atoms with E-state index in [-0.39, 0.29) is 23.0 Å². The Kier molecular flexibility index (Phi) is 6.26. The third-order valence-corrected chi connectivity index (χ3v) is 7.14. The number of nitrogens with one attached hydrogen (secondary N) is 1. The molecule has 0 bridgehead atoms. The Balaban J connectivity index is 1.71. The van der Waals surface area contributed by atoms with Crippen molar-refractivity contribution in [1.29, 1.82) is 0 Å². The normalized spacial score (nSPS) is 15.4. The van der Waals surface area contributed by atoms with E-state index in [9.17, 15) is 14.7 Å². The SMILES string of the molecule is COc1cc([C@H]2C(C(=O)Nc3ccccc3)=C(C)N=c3s/c(=C/c4cn(C)nc4C)c(=O)n32)ccc1O. The Hall–Kier alpha value is -4.44. The minimum Gasteiger partial charge on any atom is -0.504 e. The van der Waals surface area contributed by atoms with E-state index in [1.807, 2.05) is 38.4 Å². The number of aryl methyl sites for hydroxylation is 2. The van der Waals surface area contributed by atoms with Crippen LogP contribution in [0.5, 0.6) is 11.5 Å². The van der Waals surface area contributed by atoms with E-state index in [2.05, 4.69) is 15.4 Å². The van der Waals surface area contributed by atoms with E-state index in [1.54, 1.807) is 41.9 Å². The Morgan fingerprint density at radius 2 is 1.95 bits per heavy atom. The fraction of sp³-hybridized carbons (Fsp3) is 0.185. The van der Waals surface area contributed by atoms with Crippen molar-refractivity contribution in [1.82, 2.24) is 14.3 Å². The molecule has 0 saturated heterocycles. The van der Waals surface area contributed by atoms with E-state index < -0.39 is 6.04 Å². The van der Waals surface area contributed by atoms with Crippen LogP contribution in [0.3, 0.4) is 0 Å². The van der Waals surface area contributed by atoms with Crippen molar-refractivity contribution in [2.75, 3.05) is 12.4 Å². The van der Waals surface area contributed by atoms with Gasteiger partial charge in [0.25, 0.3) is 11.5 Å². The molecule has 2 N–H and O–H groups in total. The van der Waals surface area contributed by atoms with Gasteiger partial charge in [-0.2, -0.15) is 5.10 Å². The summed E-state index contributed by atoms with van der Waals surface area (Å²) < 4.78 is 9.02. The number of phenolic OH excluding ortho intramolecular Hbond substituents is 1. The first-order valence-corrected chi connectivity index (χ1v) is 12.3. The van der Waals surface area contributed by atoms with Gasteiger partial charge in [0.1, 0.15) is 0 Å². The number of methoxy groups -OCH3 is 1. The van der Waals surface area contributed by atoms with Crippen molar-refractivity contribution < 1.29 is 14.6 Å². The topological polar surface area (TPSA) is 111 Å². The molecular formula is C27H25N5O4S. The largest absolute Gasteiger partial charge is 0.504 e. The molecule has 0 saturated carbocycles. The van der Waals surface area contributed by atoms with Crippen molar-refractivity contribution in [2.24, 2.45) is 12.0 Å². The Labute approximate surface area is 216 Å². The fourth-order valence-electron chi connectivity index (χ4n) is 4.41. The lowest BCUT2D eigenvalue weighted by molar-refractivity contribution is -0.113. The number of para-hydroxylation sites is 1. The lowest BCUT2D eigenvalue weighted by atomic mass is 9.94. The second kappa shape index (κ2) is 9.55. The summed E-state index contributed by atoms with van der Waals surface area (Å²) >= 11 is 1.25. The van der Waals surface area contributed by atoms with Crippen LogP contribution in [0.2, 0.25) is 0 Å². The number of fused-ring (bicyclic) bond motifs is 1. The van der Waals surface area contributed by atoms with Gasteiger partial charge in [0.15, 0.2) is 16.3 Å². The zero-order valence-electron chi connectivity index (χ0n) is 20.7. The number of carbonyl (C=O) groups is 1. The molecule has 4 aromatic rings. The molecule has 1 aliphatic heterocycles. The molecule has 0 radical (unpaired) electrons. The van der Waals surface area contributed by atoms with Gasteiger partial charge in [-0.1, -0.05) is 35.6 Å². The van der Waals surface area contributed by atoms with Crippen LogP contribution in [0.1, 0.15) is 29.8 Å². The maximum atomic E-state index is 13.8. The molecule has 9 nitrogen and oxygen atoms in total. The maximum Gasteiger partial charge on any atom is 0.271 e. The zero-order chi connectivity index (χ0) is 26.3. The number of rotatable bonds is 5. The van der Waals surface area contributed by atoms with Crippen LogP contribution in [0, 0.1) is 6.92 Å². The van der Waals surface area contributed by atoms with Crippen LogP contribution in [0.4, 0.5) is 5.69 Å². The van der Waals surface area contributed by atoms with Crippen LogP contribution in [-0.4, -0.2) is 32.5 Å². The van der Waals surface area contributed by atoms with Crippen LogP contribution in [-0.2, 0) is 11.8 Å². The average molecular weight is 516 g/mol. The van der Waals surface area contributed by atoms with Crippen LogP contribution < -0.4 is 24.9 Å². The van der Waals surface area contributed by atoms with Crippen LogP contribution in [0.15, 0.2) is 75.8 Å². The highest BCUT2D eigenvalue weighted by Gasteiger charge is 2.33. The summed E-state index contributed by atoms with van der Waals surface area (Å²) in [5, 5.41) is 17.5. The van der Waals surface area contributed by atoms with Crippen LogP contribution in [0.25, 0.3) is 6.08 Å². The summed E-state index contributed by atoms with van der Waals surface area (Å²) in [6, 6.07) is 13.1. The molecule has 0 spiro atoms. The fourth-order valence-corrected chi connectivity index (χ4v) is 5.45. The molecule has 0 aliphatic carbocycles. The summed E-state index contributed by atoms with van der Waals surface area (Å²) in [6.07, 6.45) is 3.64. The summed E-state index contributed by atoms with van der Waals surface area (Å²) in [6.45, 7) is 3.64. The predicted octanol–water partition coefficient (Wildman–Crippen LogP) is 2.63. The molecule has 3 heterocycles. The van der Waals surface area contributed by atoms with Crippen molar-refractivity contribution >= 4 is 29.0 Å². The number of phenols is 1. The Bertz CT molecular complexity index is 1730. The standard InChI is InChI=1S/C27H25N5O4S/c1-15-18(14-31(3)30-15)13-22-26(35)32-24(17-10-11-20(33)21(12-17)36-4)23(16(2)28-27(32)37-22)25(34)29-19-8-6-5-7-9-19/h5-14,24,33H,1-4H3,(H,29,34)/b22-13+/t24-/m0/s1. The molecule has 0 unspecified atom stereocenters. The van der Waals surface area contributed by atoms with E-state index in [0.29, 0.717) is 31.9 Å². The Morgan fingerprint density at radius 1 is 1.19 bits per heavy atom. The molecule has 2 aromatic carbocycles. The predicted molar refractivity (Wildman–Crippen MR) is 141 cm³/mol. The molecule has 5 rings (SSSR count). The lowest BCUT2D eigenvalue weighted by Crippen LogP contribution is -2.40. The first-order valence-electron chi connectivity index (χ1n) is 11.5. The molecule has 1 atom stereocenters. The van der Waals surface area contributed by atoms with Crippen molar-refractivity contribution in [3.63, 3.8) is 0 Å². The van der Waals surface area contributed by atoms with E-state index >= 15 is 0 Å². The minimum atomic E-state index is -0.786. The number of benzene rings is 2. The van der Waals surface area contributed by atoms with Gasteiger partial charge in [-0.25, -0.2) is 4.99 Å². The van der Waals surface area contributed by atoms with Gasteiger partial charge in [0, 0.05) is 24.5 Å². The van der Waals surface area contributed by atoms with Gasteiger partial charge in [0.2, 0.25) is 0 Å². The first kappa shape index (κ1) is 24.3. The molecule has 10 heteroatoms. The second-order valence-corrected chi connectivity index (χ2v) is 9.69. The van der Waals surface area contributed by atoms with E-state index in [0.717, 1.165) is 11.3 Å². The minimum absolute atomic E-state index is 0.0401. The smallest absolute Gasteiger partial charge is 0.271 e. The third kappa shape index (κ3) is 4.47. The number of allylic oxidation sites excluding steroid dienone is 1. The number of carbonyl (C=O) groups excluding carboxylic acids is 1. The molecular weight excluding hydrogens is 490 g/mol. The second-order valence-electron chi connectivity index (χ2n) is 8.68. The van der Waals surface area contributed by atoms with Gasteiger partial charge in [0.05, 0.1) is 34.6 Å². The molecule has 188 valence electrons. The lowest BCUT2D eigenvalue weighted by Gasteiger charge is -2.25. The molecule has 0 fully saturated rings. The number of anilines is 1. The summed E-state index contributed by atoms with van der Waals surface area (Å²) in [5.41, 5.74) is 3.40. The monoisotopic (exact) mass is 515 g/mol. The zero-order valence-corrected chi connectivity index (χ0v) is 21.5. The Morgan fingerprint density at radius 3 is 2.62 bits per heavy atom. The van der Waals surface area contributed by atoms with E-state index in [4.69, 9.17) is 4.74 Å². The summed E-state index contributed by atoms with van der Waals surface area (Å²) in [4.78, 5) is 32.5. The highest BCUT2D eigenvalue weighted by Crippen LogP contribution is 2.35. The summed E-state index contributed by atoms with van der Waals surface area (Å²) in [5.74, 6) is -0.174. The number of thiazole rings is 1. The highest BCUT2D eigenvalue weighted by molar-refractivity contribution is 7.07. The number of nitrogens with zero attached hydrogens (tertiary/aromatic N) is 4. The number of aromatic hydroxyl groups is 1. The first-order chi connectivity index (χ1) is 17.8. The number of hydrogen-bond donors (Lipinski definition) is 2. The van der Waals surface area contributed by atoms with Gasteiger partial charge in [-0.05, 0) is 49.8 Å². The number of amides is 1. The maximum absolute atomic E-state index is 13.8. The van der Waals surface area contributed by atoms with Gasteiger partial charge >= 0.3 is 0 Å². The average Bonchev–Trinajstić information content (AvgIpc) is 3.35. The number of ether oxygens (including phenoxy) is 1. The quantitative estimate of drug-likeness (QED) is 0.425. The van der Waals surface area contributed by atoms with Crippen molar-refractivity contribution in [3.8, 4) is 11.5 Å². The molecule has 1 aliphatic rings. The van der Waals surface area contributed by atoms with Gasteiger partial charge in [-0.3, -0.25) is 18.8 Å². The number of hydrogen-bond acceptors (Lipinski definition) is 7. The van der Waals surface area contributed by atoms with Crippen LogP contribution >= 0.6 is 11.3 Å². The highest BCUT2D eigenvalue weighted by atomic mass is 32.1. The summed E-state index contributed by atoms with van der Waals surface area (Å²) in [7, 11) is 3.27. The van der Waals surface area contributed by atoms with Gasteiger partial charge < -0.3 is 15.2 Å². The molecule has 37 heavy (non-hydrogen) atoms. The molecule has 2 aromatic heterocycles. The van der Waals surface area contributed by atoms with Crippen molar-refractivity contribution in [3.05, 3.63) is 103 Å². The van der Waals surface area contributed by atoms with Crippen molar-refractivity contribution in [2.45, 2.75) is 19.9 Å². The molecule has 1 amide bonds.